The van der Waals surface area contributed by atoms with Gasteiger partial charge in [-0.15, -0.1) is 0 Å². The number of rotatable bonds is 6. The van der Waals surface area contributed by atoms with Crippen molar-refractivity contribution in [3.05, 3.63) is 30.0 Å². The smallest absolute Gasteiger partial charge is 0.289 e. The number of likely N-dealkylation sites (tertiary alicyclic amines) is 2. The molecule has 2 aromatic rings. The van der Waals surface area contributed by atoms with E-state index in [4.69, 9.17) is 13.9 Å². The number of methoxy groups -OCH3 is 1. The molecule has 2 aliphatic rings. The largest absolute Gasteiger partial charge is 0.493 e. The fraction of sp³-hybridized carbons (Fsp3) is 0.593. The maximum atomic E-state index is 13.3. The summed E-state index contributed by atoms with van der Waals surface area (Å²) in [5.41, 5.74) is 0.147. The van der Waals surface area contributed by atoms with Crippen molar-refractivity contribution in [3.63, 3.8) is 0 Å². The van der Waals surface area contributed by atoms with Crippen LogP contribution >= 0.6 is 0 Å². The van der Waals surface area contributed by atoms with Crippen molar-refractivity contribution in [3.8, 4) is 5.75 Å². The number of carbonyl (C=O) groups is 3. The van der Waals surface area contributed by atoms with E-state index in [0.29, 0.717) is 43.3 Å². The third-order valence-corrected chi connectivity index (χ3v) is 7.16. The van der Waals surface area contributed by atoms with Crippen LogP contribution in [0.3, 0.4) is 0 Å². The highest BCUT2D eigenvalue weighted by molar-refractivity contribution is 5.97. The fourth-order valence-electron chi connectivity index (χ4n) is 5.15. The second-order valence-corrected chi connectivity index (χ2v) is 11.0. The molecule has 3 heterocycles. The summed E-state index contributed by atoms with van der Waals surface area (Å²) < 4.78 is 17.0. The normalized spacial score (nSPS) is 18.5. The number of ether oxygens (including phenoxy) is 2. The monoisotopic (exact) mass is 499 g/mol. The van der Waals surface area contributed by atoms with Gasteiger partial charge in [-0.25, -0.2) is 0 Å². The van der Waals surface area contributed by atoms with Gasteiger partial charge in [-0.05, 0) is 57.6 Å². The molecule has 2 saturated heterocycles. The van der Waals surface area contributed by atoms with Gasteiger partial charge in [0.15, 0.2) is 17.1 Å². The number of piperidine rings is 1. The maximum Gasteiger partial charge on any atom is 0.289 e. The number of para-hydroxylation sites is 1. The van der Waals surface area contributed by atoms with Crippen molar-refractivity contribution in [1.82, 2.24) is 15.1 Å². The molecule has 0 radical (unpaired) electrons. The van der Waals surface area contributed by atoms with Crippen molar-refractivity contribution < 1.29 is 28.3 Å². The number of hydrogen-bond donors (Lipinski definition) is 1. The van der Waals surface area contributed by atoms with Crippen LogP contribution in [0.4, 0.5) is 0 Å². The lowest BCUT2D eigenvalue weighted by Gasteiger charge is -2.39. The zero-order valence-corrected chi connectivity index (χ0v) is 21.9. The average molecular weight is 500 g/mol. The molecular formula is C27H37N3O6. The summed E-state index contributed by atoms with van der Waals surface area (Å²) in [5, 5.41) is 3.59. The predicted octanol–water partition coefficient (Wildman–Crippen LogP) is 3.22. The van der Waals surface area contributed by atoms with Crippen LogP contribution in [0.15, 0.2) is 28.7 Å². The first-order valence-corrected chi connectivity index (χ1v) is 12.6. The summed E-state index contributed by atoms with van der Waals surface area (Å²) in [7, 11) is 1.58. The van der Waals surface area contributed by atoms with Gasteiger partial charge in [0, 0.05) is 38.5 Å². The van der Waals surface area contributed by atoms with Crippen molar-refractivity contribution in [1.29, 1.82) is 0 Å². The number of carbonyl (C=O) groups excluding carboxylic acids is 3. The molecule has 0 saturated carbocycles. The standard InChI is InChI=1S/C27H37N3O6/c1-18(31)28-20(16-35-26(2,3)4)24(32)30-14-11-27(17-30)9-12-29(13-10-27)25(33)22-15-19-7-6-8-21(34-5)23(19)36-22/h6-8,15,20H,9-14,16-17H2,1-5H3,(H,28,31). The molecule has 4 rings (SSSR count). The van der Waals surface area contributed by atoms with E-state index in [2.05, 4.69) is 5.32 Å². The van der Waals surface area contributed by atoms with Gasteiger partial charge < -0.3 is 29.0 Å². The Morgan fingerprint density at radius 1 is 1.11 bits per heavy atom. The van der Waals surface area contributed by atoms with Crippen LogP contribution in [0.25, 0.3) is 11.0 Å². The third kappa shape index (κ3) is 5.67. The van der Waals surface area contributed by atoms with Crippen molar-refractivity contribution in [2.24, 2.45) is 5.41 Å². The Balaban J connectivity index is 1.37. The zero-order valence-electron chi connectivity index (χ0n) is 21.9. The number of hydrogen-bond acceptors (Lipinski definition) is 6. The Hall–Kier alpha value is -3.07. The van der Waals surface area contributed by atoms with Gasteiger partial charge in [-0.2, -0.15) is 0 Å². The molecule has 1 aromatic carbocycles. The Kier molecular flexibility index (Phi) is 7.31. The highest BCUT2D eigenvalue weighted by atomic mass is 16.5. The van der Waals surface area contributed by atoms with Gasteiger partial charge in [-0.1, -0.05) is 12.1 Å². The molecule has 9 nitrogen and oxygen atoms in total. The molecule has 1 N–H and O–H groups in total. The summed E-state index contributed by atoms with van der Waals surface area (Å²) in [6.45, 7) is 9.79. The number of amides is 3. The van der Waals surface area contributed by atoms with Crippen molar-refractivity contribution >= 4 is 28.7 Å². The first-order chi connectivity index (χ1) is 17.0. The molecule has 1 spiro atoms. The summed E-state index contributed by atoms with van der Waals surface area (Å²) in [6.07, 6.45) is 2.51. The third-order valence-electron chi connectivity index (χ3n) is 7.16. The summed E-state index contributed by atoms with van der Waals surface area (Å²) >= 11 is 0. The minimum Gasteiger partial charge on any atom is -0.493 e. The van der Waals surface area contributed by atoms with Gasteiger partial charge in [-0.3, -0.25) is 14.4 Å². The van der Waals surface area contributed by atoms with E-state index in [9.17, 15) is 14.4 Å². The van der Waals surface area contributed by atoms with Crippen molar-refractivity contribution in [2.75, 3.05) is 39.9 Å². The lowest BCUT2D eigenvalue weighted by molar-refractivity contribution is -0.139. The molecule has 3 amide bonds. The number of nitrogens with one attached hydrogen (secondary N) is 1. The average Bonchev–Trinajstić information content (AvgIpc) is 3.45. The second kappa shape index (κ2) is 10.1. The van der Waals surface area contributed by atoms with Gasteiger partial charge in [0.25, 0.3) is 5.91 Å². The number of fused-ring (bicyclic) bond motifs is 1. The summed E-state index contributed by atoms with van der Waals surface area (Å²) in [5.74, 6) is 0.422. The van der Waals surface area contributed by atoms with Crippen LogP contribution in [0.1, 0.15) is 57.5 Å². The predicted molar refractivity (Wildman–Crippen MR) is 135 cm³/mol. The van der Waals surface area contributed by atoms with Crippen LogP contribution in [0.2, 0.25) is 0 Å². The molecular weight excluding hydrogens is 462 g/mol. The Morgan fingerprint density at radius 3 is 2.39 bits per heavy atom. The van der Waals surface area contributed by atoms with Crippen LogP contribution in [0, 0.1) is 5.41 Å². The molecule has 2 aliphatic heterocycles. The quantitative estimate of drug-likeness (QED) is 0.655. The van der Waals surface area contributed by atoms with Gasteiger partial charge in [0.2, 0.25) is 11.8 Å². The van der Waals surface area contributed by atoms with Crippen LogP contribution < -0.4 is 10.1 Å². The highest BCUT2D eigenvalue weighted by Crippen LogP contribution is 2.41. The maximum absolute atomic E-state index is 13.3. The van der Waals surface area contributed by atoms with E-state index >= 15 is 0 Å². The Morgan fingerprint density at radius 2 is 1.78 bits per heavy atom. The van der Waals surface area contributed by atoms with Crippen molar-refractivity contribution in [2.45, 2.75) is 58.6 Å². The van der Waals surface area contributed by atoms with Crippen LogP contribution in [0.5, 0.6) is 5.75 Å². The fourth-order valence-corrected chi connectivity index (χ4v) is 5.15. The molecule has 196 valence electrons. The number of nitrogens with zero attached hydrogens (tertiary/aromatic N) is 2. The number of furan rings is 1. The van der Waals surface area contributed by atoms with Crippen LogP contribution in [-0.2, 0) is 14.3 Å². The molecule has 9 heteroatoms. The molecule has 1 atom stereocenters. The molecule has 1 aromatic heterocycles. The van der Waals surface area contributed by atoms with E-state index in [1.807, 2.05) is 48.8 Å². The first-order valence-electron chi connectivity index (χ1n) is 12.6. The first kappa shape index (κ1) is 26.0. The Bertz CT molecular complexity index is 1130. The van der Waals surface area contributed by atoms with Gasteiger partial charge in [0.1, 0.15) is 6.04 Å². The molecule has 36 heavy (non-hydrogen) atoms. The van der Waals surface area contributed by atoms with E-state index in [-0.39, 0.29) is 29.7 Å². The minimum absolute atomic E-state index is 0.0187. The molecule has 0 bridgehead atoms. The van der Waals surface area contributed by atoms with E-state index < -0.39 is 11.6 Å². The summed E-state index contributed by atoms with van der Waals surface area (Å²) in [4.78, 5) is 41.8. The second-order valence-electron chi connectivity index (χ2n) is 11.0. The molecule has 1 unspecified atom stereocenters. The van der Waals surface area contributed by atoms with Gasteiger partial charge in [0.05, 0.1) is 19.3 Å². The van der Waals surface area contributed by atoms with E-state index in [0.717, 1.165) is 24.6 Å². The topological polar surface area (TPSA) is 101 Å². The van der Waals surface area contributed by atoms with Gasteiger partial charge >= 0.3 is 0 Å². The molecule has 2 fully saturated rings. The van der Waals surface area contributed by atoms with E-state index in [1.54, 1.807) is 13.2 Å². The zero-order chi connectivity index (χ0) is 26.1. The lowest BCUT2D eigenvalue weighted by atomic mass is 9.77. The number of benzene rings is 1. The molecule has 0 aliphatic carbocycles. The Labute approximate surface area is 212 Å². The SMILES string of the molecule is COc1cccc2cc(C(=O)N3CCC4(CC3)CCN(C(=O)C(COC(C)(C)C)NC(C)=O)C4)oc12. The summed E-state index contributed by atoms with van der Waals surface area (Å²) in [6, 6.07) is 6.64. The van der Waals surface area contributed by atoms with Crippen LogP contribution in [-0.4, -0.2) is 79.1 Å². The minimum atomic E-state index is -0.705. The lowest BCUT2D eigenvalue weighted by Crippen LogP contribution is -2.51. The van der Waals surface area contributed by atoms with E-state index in [1.165, 1.54) is 6.92 Å². The highest BCUT2D eigenvalue weighted by Gasteiger charge is 2.44.